The summed E-state index contributed by atoms with van der Waals surface area (Å²) < 4.78 is 17.7. The van der Waals surface area contributed by atoms with E-state index in [4.69, 9.17) is 10.2 Å². The summed E-state index contributed by atoms with van der Waals surface area (Å²) in [6.07, 6.45) is 13.0. The average Bonchev–Trinajstić information content (AvgIpc) is 3.97. The van der Waals surface area contributed by atoms with Crippen molar-refractivity contribution in [2.45, 2.75) is 82.0 Å². The molecule has 2 amide bonds. The van der Waals surface area contributed by atoms with Gasteiger partial charge < -0.3 is 10.6 Å². The molecule has 0 aliphatic heterocycles. The van der Waals surface area contributed by atoms with Crippen molar-refractivity contribution in [3.63, 3.8) is 0 Å². The monoisotopic (exact) mass is 720 g/mol. The SMILES string of the molecule is Cc1ccccc1NC(=O)c1ccc(-n2nc(C3CC3)cc2C2CC2)nc1.O=C(Nc1ccc(-n2nc(C3CC3)cc2C2CC2)nc1)c1ccccc1F. The van der Waals surface area contributed by atoms with Gasteiger partial charge in [-0.25, -0.2) is 23.7 Å². The zero-order chi connectivity index (χ0) is 36.8. The molecule has 10 rings (SSSR count). The van der Waals surface area contributed by atoms with Gasteiger partial charge in [-0.05, 0) is 118 Å². The lowest BCUT2D eigenvalue weighted by Crippen LogP contribution is -2.14. The van der Waals surface area contributed by atoms with E-state index in [1.807, 2.05) is 58.8 Å². The Labute approximate surface area is 312 Å². The molecule has 0 saturated heterocycles. The van der Waals surface area contributed by atoms with Crippen LogP contribution in [0.5, 0.6) is 0 Å². The Morgan fingerprint density at radius 3 is 1.70 bits per heavy atom. The number of anilines is 2. The molecule has 272 valence electrons. The number of nitrogens with zero attached hydrogens (tertiary/aromatic N) is 6. The Bertz CT molecular complexity index is 2330. The lowest BCUT2D eigenvalue weighted by Gasteiger charge is -2.09. The molecular weight excluding hydrogens is 680 g/mol. The Balaban J connectivity index is 0.000000142. The normalized spacial score (nSPS) is 16.3. The van der Waals surface area contributed by atoms with Gasteiger partial charge in [0, 0.05) is 46.9 Å². The third-order valence-corrected chi connectivity index (χ3v) is 10.5. The summed E-state index contributed by atoms with van der Waals surface area (Å²) in [7, 11) is 0. The molecule has 11 heteroatoms. The molecule has 54 heavy (non-hydrogen) atoms. The molecule has 4 aliphatic rings. The van der Waals surface area contributed by atoms with E-state index in [2.05, 4.69) is 32.7 Å². The van der Waals surface area contributed by atoms with Crippen molar-refractivity contribution in [1.29, 1.82) is 0 Å². The van der Waals surface area contributed by atoms with Crippen LogP contribution in [0.2, 0.25) is 0 Å². The number of aryl methyl sites for hydroxylation is 1. The van der Waals surface area contributed by atoms with Gasteiger partial charge in [0.1, 0.15) is 5.82 Å². The van der Waals surface area contributed by atoms with Crippen molar-refractivity contribution in [2.24, 2.45) is 0 Å². The maximum absolute atomic E-state index is 13.7. The molecule has 0 spiro atoms. The van der Waals surface area contributed by atoms with E-state index in [1.54, 1.807) is 30.6 Å². The first-order chi connectivity index (χ1) is 26.4. The van der Waals surface area contributed by atoms with Gasteiger partial charge in [0.2, 0.25) is 0 Å². The number of halogens is 1. The van der Waals surface area contributed by atoms with Gasteiger partial charge in [0.15, 0.2) is 11.6 Å². The summed E-state index contributed by atoms with van der Waals surface area (Å²) in [5, 5.41) is 15.2. The largest absolute Gasteiger partial charge is 0.322 e. The number of amides is 2. The molecule has 0 radical (unpaired) electrons. The van der Waals surface area contributed by atoms with Crippen molar-refractivity contribution < 1.29 is 14.0 Å². The van der Waals surface area contributed by atoms with Crippen LogP contribution in [0.1, 0.15) is 124 Å². The Kier molecular flexibility index (Phi) is 8.84. The van der Waals surface area contributed by atoms with E-state index in [0.29, 0.717) is 34.9 Å². The number of carbonyl (C=O) groups is 2. The second kappa shape index (κ2) is 14.1. The van der Waals surface area contributed by atoms with Gasteiger partial charge in [-0.15, -0.1) is 0 Å². The predicted octanol–water partition coefficient (Wildman–Crippen LogP) is 9.00. The van der Waals surface area contributed by atoms with Crippen molar-refractivity contribution in [2.75, 3.05) is 10.6 Å². The summed E-state index contributed by atoms with van der Waals surface area (Å²) in [6.45, 7) is 1.98. The van der Waals surface area contributed by atoms with E-state index in [1.165, 1.54) is 80.6 Å². The number of carbonyl (C=O) groups excluding carboxylic acids is 2. The van der Waals surface area contributed by atoms with Crippen LogP contribution in [0.25, 0.3) is 11.6 Å². The fraction of sp³-hybridized carbons (Fsp3) is 0.302. The van der Waals surface area contributed by atoms with Crippen molar-refractivity contribution >= 4 is 23.2 Å². The third kappa shape index (κ3) is 7.44. The zero-order valence-corrected chi connectivity index (χ0v) is 30.1. The smallest absolute Gasteiger partial charge is 0.258 e. The van der Waals surface area contributed by atoms with Gasteiger partial charge in [0.25, 0.3) is 11.8 Å². The van der Waals surface area contributed by atoms with Crippen LogP contribution in [-0.4, -0.2) is 41.3 Å². The molecule has 6 aromatic rings. The van der Waals surface area contributed by atoms with Crippen LogP contribution in [-0.2, 0) is 0 Å². The summed E-state index contributed by atoms with van der Waals surface area (Å²) >= 11 is 0. The van der Waals surface area contributed by atoms with E-state index in [9.17, 15) is 14.0 Å². The molecule has 4 aromatic heterocycles. The molecule has 4 heterocycles. The second-order valence-electron chi connectivity index (χ2n) is 14.9. The first kappa shape index (κ1) is 33.8. The number of hydrogen-bond acceptors (Lipinski definition) is 6. The van der Waals surface area contributed by atoms with E-state index >= 15 is 0 Å². The molecule has 2 N–H and O–H groups in total. The van der Waals surface area contributed by atoms with Crippen LogP contribution in [0.15, 0.2) is 97.3 Å². The number of para-hydroxylation sites is 1. The molecule has 4 aliphatic carbocycles. The molecule has 0 unspecified atom stereocenters. The Morgan fingerprint density at radius 2 is 1.19 bits per heavy atom. The lowest BCUT2D eigenvalue weighted by atomic mass is 10.2. The second-order valence-corrected chi connectivity index (χ2v) is 14.9. The molecule has 4 fully saturated rings. The fourth-order valence-electron chi connectivity index (χ4n) is 6.68. The molecule has 0 atom stereocenters. The maximum atomic E-state index is 13.7. The first-order valence-corrected chi connectivity index (χ1v) is 18.9. The molecule has 4 saturated carbocycles. The van der Waals surface area contributed by atoms with Crippen LogP contribution in [0.3, 0.4) is 0 Å². The standard InChI is InChI=1S/C22H22N4O.C21H19FN4O/c1-14-4-2-3-5-18(14)24-22(27)17-10-11-21(23-13-17)26-20(16-8-9-16)12-19(25-26)15-6-7-15;22-17-4-2-1-3-16(17)21(27)24-15-9-10-20(23-12-15)26-19(14-7-8-14)11-18(25-26)13-5-6-13/h2-5,10-13,15-16H,6-9H2,1H3,(H,24,27);1-4,9-14H,5-8H2,(H,24,27). The maximum Gasteiger partial charge on any atom is 0.258 e. The minimum Gasteiger partial charge on any atom is -0.322 e. The predicted molar refractivity (Wildman–Crippen MR) is 204 cm³/mol. The van der Waals surface area contributed by atoms with Gasteiger partial charge in [-0.2, -0.15) is 10.2 Å². The van der Waals surface area contributed by atoms with Crippen LogP contribution in [0.4, 0.5) is 15.8 Å². The van der Waals surface area contributed by atoms with Crippen molar-refractivity contribution in [1.82, 2.24) is 29.5 Å². The minimum absolute atomic E-state index is 0.0127. The highest BCUT2D eigenvalue weighted by molar-refractivity contribution is 6.05. The van der Waals surface area contributed by atoms with Crippen molar-refractivity contribution in [3.05, 3.63) is 143 Å². The summed E-state index contributed by atoms with van der Waals surface area (Å²) in [5.41, 5.74) is 7.79. The molecule has 0 bridgehead atoms. The number of hydrogen-bond donors (Lipinski definition) is 2. The average molecular weight is 721 g/mol. The van der Waals surface area contributed by atoms with Crippen LogP contribution in [0, 0.1) is 12.7 Å². The molecular formula is C43H41FN8O2. The highest BCUT2D eigenvalue weighted by Gasteiger charge is 2.34. The Morgan fingerprint density at radius 1 is 0.630 bits per heavy atom. The summed E-state index contributed by atoms with van der Waals surface area (Å²) in [4.78, 5) is 33.8. The summed E-state index contributed by atoms with van der Waals surface area (Å²) in [6, 6.07) is 25.5. The topological polar surface area (TPSA) is 120 Å². The highest BCUT2D eigenvalue weighted by Crippen LogP contribution is 2.46. The van der Waals surface area contributed by atoms with Crippen molar-refractivity contribution in [3.8, 4) is 11.6 Å². The third-order valence-electron chi connectivity index (χ3n) is 10.5. The number of nitrogens with one attached hydrogen (secondary N) is 2. The van der Waals surface area contributed by atoms with Crippen LogP contribution < -0.4 is 10.6 Å². The first-order valence-electron chi connectivity index (χ1n) is 18.9. The fourth-order valence-corrected chi connectivity index (χ4v) is 6.68. The van der Waals surface area contributed by atoms with Gasteiger partial charge in [-0.1, -0.05) is 30.3 Å². The minimum atomic E-state index is -0.544. The Hall–Kier alpha value is -5.97. The van der Waals surface area contributed by atoms with Gasteiger partial charge in [-0.3, -0.25) is 9.59 Å². The number of benzene rings is 2. The van der Waals surface area contributed by atoms with E-state index < -0.39 is 11.7 Å². The summed E-state index contributed by atoms with van der Waals surface area (Å²) in [5.74, 6) is 2.76. The lowest BCUT2D eigenvalue weighted by molar-refractivity contribution is 0.101. The van der Waals surface area contributed by atoms with Gasteiger partial charge in [0.05, 0.1) is 34.4 Å². The number of aromatic nitrogens is 6. The quantitative estimate of drug-likeness (QED) is 0.146. The number of pyridine rings is 2. The van der Waals surface area contributed by atoms with Crippen LogP contribution >= 0.6 is 0 Å². The zero-order valence-electron chi connectivity index (χ0n) is 30.1. The van der Waals surface area contributed by atoms with E-state index in [-0.39, 0.29) is 11.5 Å². The number of rotatable bonds is 10. The highest BCUT2D eigenvalue weighted by atomic mass is 19.1. The molecule has 2 aromatic carbocycles. The van der Waals surface area contributed by atoms with Gasteiger partial charge >= 0.3 is 0 Å². The van der Waals surface area contributed by atoms with E-state index in [0.717, 1.165) is 28.6 Å². The molecule has 10 nitrogen and oxygen atoms in total.